The number of aromatic nitrogens is 5. The predicted molar refractivity (Wildman–Crippen MR) is 91.5 cm³/mol. The monoisotopic (exact) mass is 385 g/mol. The quantitative estimate of drug-likeness (QED) is 0.526. The minimum absolute atomic E-state index is 0.244. The number of ether oxygens (including phenoxy) is 1. The molecule has 0 aliphatic carbocycles. The Balaban J connectivity index is 1.57. The predicted octanol–water partition coefficient (Wildman–Crippen LogP) is 3.51. The van der Waals surface area contributed by atoms with Crippen LogP contribution >= 0.6 is 15.9 Å². The SMILES string of the molecule is CC(OC(=O)c1ccc2cc[nH]c2n1)c1nc2ncc(Br)cc2[nH]1. The molecule has 120 valence electrons. The van der Waals surface area contributed by atoms with Crippen molar-refractivity contribution in [3.8, 4) is 0 Å². The molecule has 4 aromatic heterocycles. The van der Waals surface area contributed by atoms with E-state index in [0.29, 0.717) is 17.1 Å². The van der Waals surface area contributed by atoms with E-state index in [9.17, 15) is 4.79 Å². The van der Waals surface area contributed by atoms with Gasteiger partial charge in [0.2, 0.25) is 0 Å². The molecule has 0 amide bonds. The third-order valence-corrected chi connectivity index (χ3v) is 4.04. The van der Waals surface area contributed by atoms with E-state index in [1.165, 1.54) is 0 Å². The highest BCUT2D eigenvalue weighted by Crippen LogP contribution is 2.21. The summed E-state index contributed by atoms with van der Waals surface area (Å²) in [7, 11) is 0. The molecule has 0 fully saturated rings. The molecular formula is C16H12BrN5O2. The Hall–Kier alpha value is -2.74. The van der Waals surface area contributed by atoms with E-state index in [0.717, 1.165) is 15.4 Å². The van der Waals surface area contributed by atoms with Gasteiger partial charge >= 0.3 is 5.97 Å². The van der Waals surface area contributed by atoms with Crippen molar-refractivity contribution in [1.29, 1.82) is 0 Å². The summed E-state index contributed by atoms with van der Waals surface area (Å²) in [6.45, 7) is 1.75. The van der Waals surface area contributed by atoms with Crippen LogP contribution in [0.5, 0.6) is 0 Å². The standard InChI is InChI=1S/C16H12BrN5O2/c1-8(13-21-12-6-10(17)7-19-15(12)22-13)24-16(23)11-3-2-9-4-5-18-14(9)20-11/h2-8H,1H3,(H,18,20)(H,19,21,22). The molecular weight excluding hydrogens is 374 g/mol. The van der Waals surface area contributed by atoms with Gasteiger partial charge in [-0.2, -0.15) is 0 Å². The first-order chi connectivity index (χ1) is 11.6. The summed E-state index contributed by atoms with van der Waals surface area (Å²) >= 11 is 3.36. The minimum Gasteiger partial charge on any atom is -0.450 e. The number of hydrogen-bond donors (Lipinski definition) is 2. The highest BCUT2D eigenvalue weighted by Gasteiger charge is 2.18. The number of esters is 1. The maximum atomic E-state index is 12.3. The highest BCUT2D eigenvalue weighted by atomic mass is 79.9. The molecule has 0 bridgehead atoms. The van der Waals surface area contributed by atoms with E-state index < -0.39 is 12.1 Å². The van der Waals surface area contributed by atoms with Gasteiger partial charge < -0.3 is 14.7 Å². The molecule has 0 radical (unpaired) electrons. The largest absolute Gasteiger partial charge is 0.450 e. The fourth-order valence-electron chi connectivity index (χ4n) is 2.41. The minimum atomic E-state index is -0.549. The van der Waals surface area contributed by atoms with Crippen molar-refractivity contribution in [3.63, 3.8) is 0 Å². The van der Waals surface area contributed by atoms with Crippen LogP contribution in [0.15, 0.2) is 41.1 Å². The summed E-state index contributed by atoms with van der Waals surface area (Å²) < 4.78 is 6.30. The van der Waals surface area contributed by atoms with Crippen molar-refractivity contribution in [2.45, 2.75) is 13.0 Å². The van der Waals surface area contributed by atoms with Crippen molar-refractivity contribution in [2.24, 2.45) is 0 Å². The van der Waals surface area contributed by atoms with Gasteiger partial charge in [-0.3, -0.25) is 0 Å². The summed E-state index contributed by atoms with van der Waals surface area (Å²) in [6, 6.07) is 7.22. The van der Waals surface area contributed by atoms with E-state index in [2.05, 4.69) is 40.8 Å². The van der Waals surface area contributed by atoms with Crippen LogP contribution in [-0.4, -0.2) is 30.9 Å². The third kappa shape index (κ3) is 2.65. The number of pyridine rings is 2. The fourth-order valence-corrected chi connectivity index (χ4v) is 2.74. The molecule has 0 aliphatic heterocycles. The lowest BCUT2D eigenvalue weighted by Gasteiger charge is -2.10. The molecule has 1 unspecified atom stereocenters. The van der Waals surface area contributed by atoms with Gasteiger partial charge in [0, 0.05) is 22.3 Å². The van der Waals surface area contributed by atoms with Crippen molar-refractivity contribution in [3.05, 3.63) is 52.7 Å². The van der Waals surface area contributed by atoms with Crippen LogP contribution < -0.4 is 0 Å². The number of hydrogen-bond acceptors (Lipinski definition) is 5. The smallest absolute Gasteiger partial charge is 0.357 e. The van der Waals surface area contributed by atoms with E-state index in [1.54, 1.807) is 25.4 Å². The Morgan fingerprint density at radius 1 is 1.29 bits per heavy atom. The van der Waals surface area contributed by atoms with Crippen molar-refractivity contribution >= 4 is 44.1 Å². The maximum Gasteiger partial charge on any atom is 0.357 e. The number of carbonyl (C=O) groups is 1. The van der Waals surface area contributed by atoms with Gasteiger partial charge in [0.05, 0.1) is 5.52 Å². The molecule has 4 heterocycles. The lowest BCUT2D eigenvalue weighted by molar-refractivity contribution is 0.0315. The molecule has 24 heavy (non-hydrogen) atoms. The molecule has 0 saturated carbocycles. The Morgan fingerprint density at radius 3 is 3.04 bits per heavy atom. The van der Waals surface area contributed by atoms with Crippen molar-refractivity contribution in [1.82, 2.24) is 24.9 Å². The number of rotatable bonds is 3. The second kappa shape index (κ2) is 5.72. The average Bonchev–Trinajstić information content (AvgIpc) is 3.19. The number of imidazole rings is 1. The molecule has 4 rings (SSSR count). The van der Waals surface area contributed by atoms with Crippen LogP contribution in [0, 0.1) is 0 Å². The zero-order valence-corrected chi connectivity index (χ0v) is 14.2. The van der Waals surface area contributed by atoms with E-state index in [-0.39, 0.29) is 5.69 Å². The normalized spacial score (nSPS) is 12.6. The Labute approximate surface area is 144 Å². The van der Waals surface area contributed by atoms with Crippen LogP contribution in [0.2, 0.25) is 0 Å². The lowest BCUT2D eigenvalue weighted by atomic mass is 10.3. The van der Waals surface area contributed by atoms with Crippen LogP contribution in [0.1, 0.15) is 29.3 Å². The number of nitrogens with one attached hydrogen (secondary N) is 2. The first kappa shape index (κ1) is 14.8. The number of fused-ring (bicyclic) bond motifs is 2. The molecule has 8 heteroatoms. The zero-order valence-electron chi connectivity index (χ0n) is 12.6. The molecule has 0 aliphatic rings. The molecule has 4 aromatic rings. The summed E-state index contributed by atoms with van der Waals surface area (Å²) in [5.74, 6) is 0.0264. The Bertz CT molecular complexity index is 1050. The third-order valence-electron chi connectivity index (χ3n) is 3.61. The molecule has 7 nitrogen and oxygen atoms in total. The van der Waals surface area contributed by atoms with Gasteiger partial charge in [0.15, 0.2) is 17.4 Å². The molecule has 0 saturated heterocycles. The maximum absolute atomic E-state index is 12.3. The summed E-state index contributed by atoms with van der Waals surface area (Å²) in [4.78, 5) is 31.2. The lowest BCUT2D eigenvalue weighted by Crippen LogP contribution is -2.11. The van der Waals surface area contributed by atoms with Gasteiger partial charge in [-0.15, -0.1) is 0 Å². The van der Waals surface area contributed by atoms with E-state index >= 15 is 0 Å². The molecule has 0 spiro atoms. The second-order valence-corrected chi connectivity index (χ2v) is 6.22. The van der Waals surface area contributed by atoms with E-state index in [4.69, 9.17) is 4.74 Å². The summed E-state index contributed by atoms with van der Waals surface area (Å²) in [6.07, 6.45) is 2.89. The number of nitrogens with zero attached hydrogens (tertiary/aromatic N) is 3. The van der Waals surface area contributed by atoms with Gasteiger partial charge in [-0.25, -0.2) is 19.7 Å². The Kier molecular flexibility index (Phi) is 3.53. The first-order valence-electron chi connectivity index (χ1n) is 7.26. The van der Waals surface area contributed by atoms with Gasteiger partial charge in [-0.1, -0.05) is 0 Å². The highest BCUT2D eigenvalue weighted by molar-refractivity contribution is 9.10. The number of halogens is 1. The van der Waals surface area contributed by atoms with E-state index in [1.807, 2.05) is 18.2 Å². The fraction of sp³-hybridized carbons (Fsp3) is 0.125. The molecule has 0 aromatic carbocycles. The Morgan fingerprint density at radius 2 is 2.17 bits per heavy atom. The average molecular weight is 386 g/mol. The number of H-pyrrole nitrogens is 2. The number of aromatic amines is 2. The van der Waals surface area contributed by atoms with Crippen molar-refractivity contribution < 1.29 is 9.53 Å². The van der Waals surface area contributed by atoms with Crippen molar-refractivity contribution in [2.75, 3.05) is 0 Å². The van der Waals surface area contributed by atoms with Gasteiger partial charge in [0.1, 0.15) is 11.5 Å². The second-order valence-electron chi connectivity index (χ2n) is 5.31. The summed E-state index contributed by atoms with van der Waals surface area (Å²) in [5.41, 5.74) is 2.24. The first-order valence-corrected chi connectivity index (χ1v) is 8.06. The summed E-state index contributed by atoms with van der Waals surface area (Å²) in [5, 5.41) is 0.938. The van der Waals surface area contributed by atoms with Crippen LogP contribution in [-0.2, 0) is 4.74 Å². The molecule has 1 atom stereocenters. The van der Waals surface area contributed by atoms with Crippen LogP contribution in [0.3, 0.4) is 0 Å². The zero-order chi connectivity index (χ0) is 16.7. The topological polar surface area (TPSA) is 96.6 Å². The van der Waals surface area contributed by atoms with Crippen LogP contribution in [0.4, 0.5) is 0 Å². The number of carbonyl (C=O) groups excluding carboxylic acids is 1. The molecule has 2 N–H and O–H groups in total. The van der Waals surface area contributed by atoms with Gasteiger partial charge in [-0.05, 0) is 47.1 Å². The van der Waals surface area contributed by atoms with Gasteiger partial charge in [0.25, 0.3) is 0 Å². The van der Waals surface area contributed by atoms with Crippen LogP contribution in [0.25, 0.3) is 22.2 Å².